The van der Waals surface area contributed by atoms with E-state index in [9.17, 15) is 28.5 Å². The quantitative estimate of drug-likeness (QED) is 0.262. The Hall–Kier alpha value is -4.13. The highest BCUT2D eigenvalue weighted by atomic mass is 32.1. The predicted molar refractivity (Wildman–Crippen MR) is 117 cm³/mol. The lowest BCUT2D eigenvalue weighted by molar-refractivity contribution is -0.384. The zero-order valence-corrected chi connectivity index (χ0v) is 18.5. The molecule has 0 aliphatic heterocycles. The number of anilines is 1. The maximum atomic E-state index is 12.4. The number of ether oxygens (including phenoxy) is 3. The van der Waals surface area contributed by atoms with E-state index in [1.807, 2.05) is 0 Å². The van der Waals surface area contributed by atoms with Crippen molar-refractivity contribution in [2.75, 3.05) is 12.4 Å². The molecule has 0 bridgehead atoms. The molecule has 0 radical (unpaired) electrons. The van der Waals surface area contributed by atoms with Crippen LogP contribution in [0.3, 0.4) is 0 Å². The fourth-order valence-corrected chi connectivity index (χ4v) is 3.44. The molecule has 0 spiro atoms. The van der Waals surface area contributed by atoms with Gasteiger partial charge < -0.3 is 14.2 Å². The van der Waals surface area contributed by atoms with E-state index < -0.39 is 29.5 Å². The SMILES string of the molecule is COc1cc(C(=O)OC(C)C(=O)Nc2nc(-c3cccc([N+](=O)[O-])c3)cs2)ccc1OC(F)F. The van der Waals surface area contributed by atoms with Gasteiger partial charge in [0.25, 0.3) is 11.6 Å². The minimum Gasteiger partial charge on any atom is -0.493 e. The lowest BCUT2D eigenvalue weighted by Gasteiger charge is -2.14. The van der Waals surface area contributed by atoms with E-state index in [2.05, 4.69) is 15.0 Å². The molecule has 3 aromatic rings. The number of thiazole rings is 1. The number of nitro groups is 1. The molecule has 34 heavy (non-hydrogen) atoms. The van der Waals surface area contributed by atoms with E-state index in [4.69, 9.17) is 9.47 Å². The fraction of sp³-hybridized carbons (Fsp3) is 0.190. The predicted octanol–water partition coefficient (Wildman–Crippen LogP) is 4.51. The van der Waals surface area contributed by atoms with Crippen LogP contribution in [-0.4, -0.2) is 41.6 Å². The number of carbonyl (C=O) groups excluding carboxylic acids is 2. The third kappa shape index (κ3) is 6.01. The van der Waals surface area contributed by atoms with Gasteiger partial charge in [-0.2, -0.15) is 8.78 Å². The molecule has 178 valence electrons. The number of methoxy groups -OCH3 is 1. The van der Waals surface area contributed by atoms with Gasteiger partial charge in [0.1, 0.15) is 0 Å². The van der Waals surface area contributed by atoms with Gasteiger partial charge in [-0.05, 0) is 25.1 Å². The molecule has 0 aliphatic carbocycles. The molecule has 0 saturated carbocycles. The highest BCUT2D eigenvalue weighted by Crippen LogP contribution is 2.30. The van der Waals surface area contributed by atoms with Crippen molar-refractivity contribution in [3.8, 4) is 22.8 Å². The number of aromatic nitrogens is 1. The Kier molecular flexibility index (Phi) is 7.68. The summed E-state index contributed by atoms with van der Waals surface area (Å²) in [6, 6.07) is 9.34. The first-order valence-electron chi connectivity index (χ1n) is 9.53. The monoisotopic (exact) mass is 493 g/mol. The number of carbonyl (C=O) groups is 2. The Bertz CT molecular complexity index is 1220. The first kappa shape index (κ1) is 24.5. The Labute approximate surface area is 195 Å². The molecular formula is C21H17F2N3O7S. The first-order valence-corrected chi connectivity index (χ1v) is 10.4. The van der Waals surface area contributed by atoms with Crippen LogP contribution in [0.2, 0.25) is 0 Å². The van der Waals surface area contributed by atoms with Gasteiger partial charge in [-0.1, -0.05) is 12.1 Å². The number of nitrogens with one attached hydrogen (secondary N) is 1. The average molecular weight is 493 g/mol. The topological polar surface area (TPSA) is 130 Å². The summed E-state index contributed by atoms with van der Waals surface area (Å²) >= 11 is 1.09. The van der Waals surface area contributed by atoms with Crippen molar-refractivity contribution < 1.29 is 37.5 Å². The maximum absolute atomic E-state index is 12.4. The van der Waals surface area contributed by atoms with Gasteiger partial charge in [0.15, 0.2) is 22.7 Å². The van der Waals surface area contributed by atoms with Gasteiger partial charge in [0, 0.05) is 23.1 Å². The highest BCUT2D eigenvalue weighted by Gasteiger charge is 2.22. The number of hydrogen-bond acceptors (Lipinski definition) is 9. The number of hydrogen-bond donors (Lipinski definition) is 1. The van der Waals surface area contributed by atoms with E-state index in [0.717, 1.165) is 23.5 Å². The Balaban J connectivity index is 1.64. The van der Waals surface area contributed by atoms with Gasteiger partial charge in [0.05, 0.1) is 23.3 Å². The zero-order chi connectivity index (χ0) is 24.8. The number of rotatable bonds is 9. The highest BCUT2D eigenvalue weighted by molar-refractivity contribution is 7.14. The van der Waals surface area contributed by atoms with Gasteiger partial charge in [-0.25, -0.2) is 9.78 Å². The Morgan fingerprint density at radius 3 is 2.62 bits per heavy atom. The number of nitrogens with zero attached hydrogens (tertiary/aromatic N) is 2. The van der Waals surface area contributed by atoms with Gasteiger partial charge in [-0.3, -0.25) is 20.2 Å². The summed E-state index contributed by atoms with van der Waals surface area (Å²) < 4.78 is 39.2. The largest absolute Gasteiger partial charge is 0.493 e. The molecule has 0 fully saturated rings. The molecule has 1 N–H and O–H groups in total. The van der Waals surface area contributed by atoms with E-state index >= 15 is 0 Å². The van der Waals surface area contributed by atoms with Crippen LogP contribution >= 0.6 is 11.3 Å². The summed E-state index contributed by atoms with van der Waals surface area (Å²) in [5, 5.41) is 15.3. The average Bonchev–Trinajstić information content (AvgIpc) is 3.27. The molecule has 2 aromatic carbocycles. The van der Waals surface area contributed by atoms with Crippen molar-refractivity contribution in [3.63, 3.8) is 0 Å². The normalized spacial score (nSPS) is 11.6. The standard InChI is InChI=1S/C21H17F2N3O7S/c1-11(32-19(28)13-6-7-16(33-20(22)23)17(9-13)31-2)18(27)25-21-24-15(10-34-21)12-4-3-5-14(8-12)26(29)30/h3-11,20H,1-2H3,(H,24,25,27). The van der Waals surface area contributed by atoms with Crippen molar-refractivity contribution in [2.45, 2.75) is 19.6 Å². The molecule has 13 heteroatoms. The molecule has 0 saturated heterocycles. The van der Waals surface area contributed by atoms with Crippen LogP contribution in [0.15, 0.2) is 47.8 Å². The second kappa shape index (κ2) is 10.7. The summed E-state index contributed by atoms with van der Waals surface area (Å²) in [5.74, 6) is -1.93. The van der Waals surface area contributed by atoms with Crippen molar-refractivity contribution >= 4 is 34.0 Å². The van der Waals surface area contributed by atoms with Crippen molar-refractivity contribution in [3.05, 3.63) is 63.5 Å². The minimum absolute atomic E-state index is 0.0414. The smallest absolute Gasteiger partial charge is 0.387 e. The van der Waals surface area contributed by atoms with E-state index in [1.54, 1.807) is 11.4 Å². The van der Waals surface area contributed by atoms with Crippen LogP contribution in [0.25, 0.3) is 11.3 Å². The third-order valence-corrected chi connectivity index (χ3v) is 5.11. The second-order valence-corrected chi connectivity index (χ2v) is 7.48. The van der Waals surface area contributed by atoms with Crippen molar-refractivity contribution in [1.82, 2.24) is 4.98 Å². The first-order chi connectivity index (χ1) is 16.2. The van der Waals surface area contributed by atoms with Crippen LogP contribution in [0.4, 0.5) is 19.6 Å². The number of non-ortho nitro benzene ring substituents is 1. The van der Waals surface area contributed by atoms with E-state index in [-0.39, 0.29) is 27.9 Å². The third-order valence-electron chi connectivity index (χ3n) is 4.36. The van der Waals surface area contributed by atoms with Crippen LogP contribution < -0.4 is 14.8 Å². The zero-order valence-electron chi connectivity index (χ0n) is 17.7. The summed E-state index contributed by atoms with van der Waals surface area (Å²) in [6.07, 6.45) is -1.22. The van der Waals surface area contributed by atoms with Crippen LogP contribution in [-0.2, 0) is 9.53 Å². The second-order valence-electron chi connectivity index (χ2n) is 6.63. The molecule has 1 unspecified atom stereocenters. The fourth-order valence-electron chi connectivity index (χ4n) is 2.72. The van der Waals surface area contributed by atoms with Crippen LogP contribution in [0.5, 0.6) is 11.5 Å². The van der Waals surface area contributed by atoms with Crippen molar-refractivity contribution in [2.24, 2.45) is 0 Å². The molecule has 1 aromatic heterocycles. The molecule has 1 amide bonds. The van der Waals surface area contributed by atoms with Crippen molar-refractivity contribution in [1.29, 1.82) is 0 Å². The maximum Gasteiger partial charge on any atom is 0.387 e. The van der Waals surface area contributed by atoms with Gasteiger partial charge >= 0.3 is 12.6 Å². The summed E-state index contributed by atoms with van der Waals surface area (Å²) in [5.41, 5.74) is 0.785. The number of halogens is 2. The lowest BCUT2D eigenvalue weighted by Crippen LogP contribution is -2.30. The van der Waals surface area contributed by atoms with Gasteiger partial charge in [-0.15, -0.1) is 11.3 Å². The lowest BCUT2D eigenvalue weighted by atomic mass is 10.1. The number of amides is 1. The van der Waals surface area contributed by atoms with Crippen LogP contribution in [0.1, 0.15) is 17.3 Å². The molecule has 0 aliphatic rings. The van der Waals surface area contributed by atoms with E-state index in [0.29, 0.717) is 11.3 Å². The summed E-state index contributed by atoms with van der Waals surface area (Å²) in [7, 11) is 1.22. The molecule has 1 heterocycles. The Morgan fingerprint density at radius 1 is 1.18 bits per heavy atom. The Morgan fingerprint density at radius 2 is 1.94 bits per heavy atom. The van der Waals surface area contributed by atoms with Crippen LogP contribution in [0, 0.1) is 10.1 Å². The molecule has 3 rings (SSSR count). The van der Waals surface area contributed by atoms with Gasteiger partial charge in [0.2, 0.25) is 0 Å². The summed E-state index contributed by atoms with van der Waals surface area (Å²) in [4.78, 5) is 39.4. The summed E-state index contributed by atoms with van der Waals surface area (Å²) in [6.45, 7) is -1.73. The minimum atomic E-state index is -3.07. The van der Waals surface area contributed by atoms with E-state index in [1.165, 1.54) is 38.3 Å². The molecule has 1 atom stereocenters. The number of alkyl halides is 2. The number of nitro benzene ring substituents is 1. The molecular weight excluding hydrogens is 476 g/mol. The number of esters is 1. The number of benzene rings is 2. The molecule has 10 nitrogen and oxygen atoms in total.